The lowest BCUT2D eigenvalue weighted by Gasteiger charge is -2.28. The summed E-state index contributed by atoms with van der Waals surface area (Å²) < 4.78 is 0. The molecule has 0 spiro atoms. The number of hydrogen-bond donors (Lipinski definition) is 3. The van der Waals surface area contributed by atoms with Crippen molar-refractivity contribution in [1.82, 2.24) is 29.9 Å². The first-order valence-corrected chi connectivity index (χ1v) is 8.93. The van der Waals surface area contributed by atoms with Crippen LogP contribution >= 0.6 is 0 Å². The normalized spacial score (nSPS) is 23.8. The Morgan fingerprint density at radius 2 is 0.963 bits per heavy atom. The SMILES string of the molecule is C(=NC1CC(N=Cc2ncc[nH]2)CC(N=Cc2ncc[nH]2)C1)c1ncc[nH]1. The highest BCUT2D eigenvalue weighted by Gasteiger charge is 2.27. The van der Waals surface area contributed by atoms with Gasteiger partial charge in [-0.1, -0.05) is 0 Å². The molecule has 1 fully saturated rings. The predicted octanol–water partition coefficient (Wildman–Crippen LogP) is 1.80. The molecule has 4 rings (SSSR count). The van der Waals surface area contributed by atoms with Gasteiger partial charge in [-0.15, -0.1) is 0 Å². The second-order valence-corrected chi connectivity index (χ2v) is 6.43. The van der Waals surface area contributed by atoms with E-state index >= 15 is 0 Å². The Bertz CT molecular complexity index is 750. The van der Waals surface area contributed by atoms with Crippen molar-refractivity contribution in [3.8, 4) is 0 Å². The molecule has 0 bridgehead atoms. The highest BCUT2D eigenvalue weighted by Crippen LogP contribution is 2.26. The van der Waals surface area contributed by atoms with Crippen LogP contribution in [0.4, 0.5) is 0 Å². The minimum atomic E-state index is 0.140. The van der Waals surface area contributed by atoms with E-state index in [0.717, 1.165) is 36.7 Å². The molecule has 3 aromatic heterocycles. The number of aromatic amines is 3. The van der Waals surface area contributed by atoms with Gasteiger partial charge in [0.15, 0.2) is 0 Å². The Kier molecular flexibility index (Phi) is 5.28. The Balaban J connectivity index is 1.46. The molecule has 3 aromatic rings. The van der Waals surface area contributed by atoms with Crippen LogP contribution in [0.2, 0.25) is 0 Å². The topological polar surface area (TPSA) is 123 Å². The van der Waals surface area contributed by atoms with Crippen LogP contribution in [0.25, 0.3) is 0 Å². The van der Waals surface area contributed by atoms with Crippen molar-refractivity contribution in [1.29, 1.82) is 0 Å². The van der Waals surface area contributed by atoms with Gasteiger partial charge in [-0.25, -0.2) is 15.0 Å². The fourth-order valence-corrected chi connectivity index (χ4v) is 3.17. The van der Waals surface area contributed by atoms with E-state index in [9.17, 15) is 0 Å². The molecule has 0 radical (unpaired) electrons. The summed E-state index contributed by atoms with van der Waals surface area (Å²) in [7, 11) is 0. The van der Waals surface area contributed by atoms with Gasteiger partial charge >= 0.3 is 0 Å². The number of nitrogens with one attached hydrogen (secondary N) is 3. The molecular formula is C18H21N9. The molecule has 0 aromatic carbocycles. The molecule has 1 saturated carbocycles. The molecule has 9 heteroatoms. The van der Waals surface area contributed by atoms with E-state index < -0.39 is 0 Å². The van der Waals surface area contributed by atoms with Crippen molar-refractivity contribution in [3.05, 3.63) is 54.7 Å². The van der Waals surface area contributed by atoms with Crippen LogP contribution in [0.1, 0.15) is 36.7 Å². The molecule has 1 aliphatic carbocycles. The molecule has 0 atom stereocenters. The predicted molar refractivity (Wildman–Crippen MR) is 104 cm³/mol. The Hall–Kier alpha value is -3.36. The minimum absolute atomic E-state index is 0.140. The first kappa shape index (κ1) is 17.1. The van der Waals surface area contributed by atoms with Crippen molar-refractivity contribution >= 4 is 18.6 Å². The van der Waals surface area contributed by atoms with Crippen molar-refractivity contribution in [3.63, 3.8) is 0 Å². The van der Waals surface area contributed by atoms with Crippen molar-refractivity contribution < 1.29 is 0 Å². The standard InChI is InChI=1S/C18H21N9/c1-2-20-16(19-1)10-25-13-7-14(26-11-17-21-3-4-22-17)9-15(8-13)27-12-18-23-5-6-24-18/h1-6,10-15H,7-9H2,(H,19,20)(H,21,22)(H,23,24). The smallest absolute Gasteiger partial charge is 0.148 e. The van der Waals surface area contributed by atoms with Gasteiger partial charge in [-0.3, -0.25) is 15.0 Å². The average Bonchev–Trinajstić information content (AvgIpc) is 3.46. The summed E-state index contributed by atoms with van der Waals surface area (Å²) in [6.07, 6.45) is 18.5. The first-order chi connectivity index (χ1) is 13.3. The lowest BCUT2D eigenvalue weighted by atomic mass is 9.88. The van der Waals surface area contributed by atoms with E-state index in [0.29, 0.717) is 0 Å². The maximum Gasteiger partial charge on any atom is 0.148 e. The average molecular weight is 363 g/mol. The van der Waals surface area contributed by atoms with Crippen LogP contribution in [0.5, 0.6) is 0 Å². The Morgan fingerprint density at radius 1 is 0.630 bits per heavy atom. The van der Waals surface area contributed by atoms with Gasteiger partial charge in [0.25, 0.3) is 0 Å². The number of aliphatic imine (C=N–C) groups is 3. The van der Waals surface area contributed by atoms with Gasteiger partial charge < -0.3 is 15.0 Å². The molecule has 0 unspecified atom stereocenters. The summed E-state index contributed by atoms with van der Waals surface area (Å²) in [6.45, 7) is 0. The van der Waals surface area contributed by atoms with Gasteiger partial charge in [0.05, 0.1) is 36.8 Å². The van der Waals surface area contributed by atoms with E-state index in [4.69, 9.17) is 15.0 Å². The molecule has 138 valence electrons. The van der Waals surface area contributed by atoms with E-state index in [1.165, 1.54) is 0 Å². The zero-order chi connectivity index (χ0) is 18.3. The van der Waals surface area contributed by atoms with E-state index in [1.54, 1.807) is 55.8 Å². The third-order valence-electron chi connectivity index (χ3n) is 4.41. The quantitative estimate of drug-likeness (QED) is 0.579. The molecule has 9 nitrogen and oxygen atoms in total. The summed E-state index contributed by atoms with van der Waals surface area (Å²) in [6, 6.07) is 0.420. The largest absolute Gasteiger partial charge is 0.344 e. The summed E-state index contributed by atoms with van der Waals surface area (Å²) in [5.41, 5.74) is 0. The van der Waals surface area contributed by atoms with Crippen LogP contribution in [-0.4, -0.2) is 66.7 Å². The van der Waals surface area contributed by atoms with Crippen LogP contribution < -0.4 is 0 Å². The van der Waals surface area contributed by atoms with Gasteiger partial charge in [0.2, 0.25) is 0 Å². The van der Waals surface area contributed by atoms with Gasteiger partial charge in [-0.05, 0) is 19.3 Å². The number of aromatic nitrogens is 6. The summed E-state index contributed by atoms with van der Waals surface area (Å²) in [5.74, 6) is 2.27. The van der Waals surface area contributed by atoms with Gasteiger partial charge in [0.1, 0.15) is 17.5 Å². The number of nitrogens with zero attached hydrogens (tertiary/aromatic N) is 6. The molecule has 0 aliphatic heterocycles. The number of rotatable bonds is 6. The number of H-pyrrole nitrogens is 3. The van der Waals surface area contributed by atoms with Gasteiger partial charge in [0, 0.05) is 37.2 Å². The fourth-order valence-electron chi connectivity index (χ4n) is 3.17. The molecule has 0 saturated heterocycles. The van der Waals surface area contributed by atoms with Crippen molar-refractivity contribution in [2.24, 2.45) is 15.0 Å². The highest BCUT2D eigenvalue weighted by atomic mass is 15.0. The monoisotopic (exact) mass is 363 g/mol. The van der Waals surface area contributed by atoms with Crippen LogP contribution in [0.15, 0.2) is 52.2 Å². The lowest BCUT2D eigenvalue weighted by Crippen LogP contribution is -2.30. The molecule has 1 aliphatic rings. The van der Waals surface area contributed by atoms with E-state index in [1.807, 2.05) is 0 Å². The summed E-state index contributed by atoms with van der Waals surface area (Å²) in [4.78, 5) is 35.8. The third kappa shape index (κ3) is 4.84. The van der Waals surface area contributed by atoms with E-state index in [2.05, 4.69) is 29.9 Å². The van der Waals surface area contributed by atoms with E-state index in [-0.39, 0.29) is 18.1 Å². The van der Waals surface area contributed by atoms with Crippen LogP contribution in [-0.2, 0) is 0 Å². The second kappa shape index (κ2) is 8.35. The fraction of sp³-hybridized carbons (Fsp3) is 0.333. The first-order valence-electron chi connectivity index (χ1n) is 8.93. The molecule has 3 heterocycles. The number of imidazole rings is 3. The lowest BCUT2D eigenvalue weighted by molar-refractivity contribution is 0.357. The highest BCUT2D eigenvalue weighted by molar-refractivity contribution is 5.75. The van der Waals surface area contributed by atoms with Crippen LogP contribution in [0, 0.1) is 0 Å². The number of hydrogen-bond acceptors (Lipinski definition) is 6. The maximum absolute atomic E-state index is 4.70. The molecule has 0 amide bonds. The zero-order valence-corrected chi connectivity index (χ0v) is 14.7. The van der Waals surface area contributed by atoms with Crippen molar-refractivity contribution in [2.45, 2.75) is 37.4 Å². The summed E-state index contributed by atoms with van der Waals surface area (Å²) in [5, 5.41) is 0. The summed E-state index contributed by atoms with van der Waals surface area (Å²) >= 11 is 0. The van der Waals surface area contributed by atoms with Crippen LogP contribution in [0.3, 0.4) is 0 Å². The second-order valence-electron chi connectivity index (χ2n) is 6.43. The van der Waals surface area contributed by atoms with Gasteiger partial charge in [-0.2, -0.15) is 0 Å². The molecule has 27 heavy (non-hydrogen) atoms. The zero-order valence-electron chi connectivity index (χ0n) is 14.7. The Morgan fingerprint density at radius 3 is 1.22 bits per heavy atom. The maximum atomic E-state index is 4.70. The minimum Gasteiger partial charge on any atom is -0.344 e. The Labute approximate surface area is 156 Å². The molecule has 3 N–H and O–H groups in total. The third-order valence-corrected chi connectivity index (χ3v) is 4.41. The van der Waals surface area contributed by atoms with Crippen molar-refractivity contribution in [2.75, 3.05) is 0 Å². The molecular weight excluding hydrogens is 342 g/mol.